The maximum absolute atomic E-state index is 6.22. The highest BCUT2D eigenvalue weighted by Crippen LogP contribution is 2.36. The molecular formula is C14H20BClN2O2. The molecule has 1 aromatic rings. The van der Waals surface area contributed by atoms with E-state index in [0.29, 0.717) is 5.02 Å². The van der Waals surface area contributed by atoms with Gasteiger partial charge < -0.3 is 14.2 Å². The Morgan fingerprint density at radius 1 is 1.15 bits per heavy atom. The van der Waals surface area contributed by atoms with Crippen molar-refractivity contribution in [3.05, 3.63) is 17.2 Å². The number of pyridine rings is 1. The second-order valence-corrected chi connectivity index (χ2v) is 6.93. The average molecular weight is 295 g/mol. The molecule has 0 aliphatic carbocycles. The first-order chi connectivity index (χ1) is 9.28. The summed E-state index contributed by atoms with van der Waals surface area (Å²) in [6.07, 6.45) is 1.21. The van der Waals surface area contributed by atoms with Gasteiger partial charge in [-0.15, -0.1) is 0 Å². The van der Waals surface area contributed by atoms with Crippen LogP contribution in [0.25, 0.3) is 0 Å². The lowest BCUT2D eigenvalue weighted by Crippen LogP contribution is -2.41. The van der Waals surface area contributed by atoms with Gasteiger partial charge in [-0.3, -0.25) is 0 Å². The fourth-order valence-corrected chi connectivity index (χ4v) is 2.50. The molecule has 1 aromatic heterocycles. The van der Waals surface area contributed by atoms with Crippen molar-refractivity contribution >= 4 is 30.1 Å². The van der Waals surface area contributed by atoms with Gasteiger partial charge in [-0.1, -0.05) is 11.6 Å². The summed E-state index contributed by atoms with van der Waals surface area (Å²) >= 11 is 6.22. The third-order valence-electron chi connectivity index (χ3n) is 4.47. The highest BCUT2D eigenvalue weighted by atomic mass is 35.5. The SMILES string of the molecule is CC1(C)OB(c2cc(Cl)cc(N3CCC3)n2)OC1(C)C. The topological polar surface area (TPSA) is 34.6 Å². The standard InChI is InChI=1S/C14H20BClN2O2/c1-13(2)14(3,4)20-15(19-13)11-8-10(16)9-12(17-11)18-6-5-7-18/h8-9H,5-7H2,1-4H3. The van der Waals surface area contributed by atoms with Crippen LogP contribution in [0.15, 0.2) is 12.1 Å². The molecule has 0 aromatic carbocycles. The zero-order valence-corrected chi connectivity index (χ0v) is 13.2. The Hall–Kier alpha value is -0.775. The van der Waals surface area contributed by atoms with Gasteiger partial charge in [-0.05, 0) is 46.2 Å². The quantitative estimate of drug-likeness (QED) is 0.784. The molecule has 0 saturated carbocycles. The molecule has 2 saturated heterocycles. The van der Waals surface area contributed by atoms with Crippen LogP contribution in [-0.4, -0.2) is 36.4 Å². The number of hydrogen-bond acceptors (Lipinski definition) is 4. The minimum atomic E-state index is -0.460. The Morgan fingerprint density at radius 3 is 2.25 bits per heavy atom. The van der Waals surface area contributed by atoms with Crippen molar-refractivity contribution in [3.63, 3.8) is 0 Å². The van der Waals surface area contributed by atoms with Crippen LogP contribution in [0.3, 0.4) is 0 Å². The van der Waals surface area contributed by atoms with Gasteiger partial charge in [0.05, 0.1) is 16.8 Å². The predicted octanol–water partition coefficient (Wildman–Crippen LogP) is 2.24. The van der Waals surface area contributed by atoms with E-state index in [0.717, 1.165) is 24.5 Å². The van der Waals surface area contributed by atoms with Gasteiger partial charge in [0.15, 0.2) is 0 Å². The van der Waals surface area contributed by atoms with Gasteiger partial charge in [0.1, 0.15) is 5.82 Å². The van der Waals surface area contributed by atoms with Gasteiger partial charge in [0.25, 0.3) is 0 Å². The summed E-state index contributed by atoms with van der Waals surface area (Å²) in [5.41, 5.74) is 0.0232. The van der Waals surface area contributed by atoms with E-state index >= 15 is 0 Å². The third-order valence-corrected chi connectivity index (χ3v) is 4.69. The van der Waals surface area contributed by atoms with Crippen LogP contribution in [0.1, 0.15) is 34.1 Å². The maximum atomic E-state index is 6.22. The van der Waals surface area contributed by atoms with Crippen LogP contribution in [0.4, 0.5) is 5.82 Å². The Morgan fingerprint density at radius 2 is 1.75 bits per heavy atom. The summed E-state index contributed by atoms with van der Waals surface area (Å²) in [5.74, 6) is 0.911. The second kappa shape index (κ2) is 4.62. The normalized spacial score (nSPS) is 23.9. The number of aromatic nitrogens is 1. The Bertz CT molecular complexity index is 516. The molecule has 0 unspecified atom stereocenters. The minimum Gasteiger partial charge on any atom is -0.398 e. The Balaban J connectivity index is 1.89. The van der Waals surface area contributed by atoms with Gasteiger partial charge in [0, 0.05) is 18.1 Å². The summed E-state index contributed by atoms with van der Waals surface area (Å²) in [4.78, 5) is 6.87. The molecule has 3 heterocycles. The average Bonchev–Trinajstić information content (AvgIpc) is 2.45. The lowest BCUT2D eigenvalue weighted by molar-refractivity contribution is 0.00578. The molecule has 2 fully saturated rings. The molecule has 0 spiro atoms. The summed E-state index contributed by atoms with van der Waals surface area (Å²) in [5, 5.41) is 0.673. The predicted molar refractivity (Wildman–Crippen MR) is 81.8 cm³/mol. The van der Waals surface area contributed by atoms with Crippen LogP contribution in [0, 0.1) is 0 Å². The fourth-order valence-electron chi connectivity index (χ4n) is 2.29. The molecule has 108 valence electrons. The second-order valence-electron chi connectivity index (χ2n) is 6.50. The number of nitrogens with zero attached hydrogens (tertiary/aromatic N) is 2. The first kappa shape index (κ1) is 14.2. The van der Waals surface area contributed by atoms with E-state index in [4.69, 9.17) is 20.9 Å². The lowest BCUT2D eigenvalue weighted by atomic mass is 9.84. The molecule has 0 atom stereocenters. The van der Waals surface area contributed by atoms with Crippen LogP contribution in [0.2, 0.25) is 5.02 Å². The van der Waals surface area contributed by atoms with Gasteiger partial charge >= 0.3 is 7.12 Å². The molecule has 0 bridgehead atoms. The summed E-state index contributed by atoms with van der Waals surface area (Å²) in [6.45, 7) is 10.2. The molecular weight excluding hydrogens is 274 g/mol. The molecule has 4 nitrogen and oxygen atoms in total. The van der Waals surface area contributed by atoms with Gasteiger partial charge in [-0.2, -0.15) is 0 Å². The van der Waals surface area contributed by atoms with Crippen molar-refractivity contribution < 1.29 is 9.31 Å². The van der Waals surface area contributed by atoms with E-state index in [1.54, 1.807) is 0 Å². The highest BCUT2D eigenvalue weighted by molar-refractivity contribution is 6.61. The molecule has 2 aliphatic rings. The van der Waals surface area contributed by atoms with E-state index in [9.17, 15) is 0 Å². The number of anilines is 1. The zero-order valence-electron chi connectivity index (χ0n) is 12.4. The monoisotopic (exact) mass is 294 g/mol. The van der Waals surface area contributed by atoms with Crippen molar-refractivity contribution in [3.8, 4) is 0 Å². The molecule has 6 heteroatoms. The van der Waals surface area contributed by atoms with Crippen LogP contribution < -0.4 is 10.5 Å². The van der Waals surface area contributed by atoms with Gasteiger partial charge in [-0.25, -0.2) is 4.98 Å². The first-order valence-electron chi connectivity index (χ1n) is 7.07. The van der Waals surface area contributed by atoms with Crippen LogP contribution in [0.5, 0.6) is 0 Å². The van der Waals surface area contributed by atoms with E-state index in [1.165, 1.54) is 6.42 Å². The van der Waals surface area contributed by atoms with E-state index in [-0.39, 0.29) is 11.2 Å². The third kappa shape index (κ3) is 2.32. The van der Waals surface area contributed by atoms with Crippen molar-refractivity contribution in [2.75, 3.05) is 18.0 Å². The molecule has 0 amide bonds. The smallest absolute Gasteiger partial charge is 0.398 e. The summed E-state index contributed by atoms with van der Waals surface area (Å²) in [6, 6.07) is 3.72. The molecule has 20 heavy (non-hydrogen) atoms. The van der Waals surface area contributed by atoms with E-state index < -0.39 is 7.12 Å². The van der Waals surface area contributed by atoms with Crippen LogP contribution >= 0.6 is 11.6 Å². The molecule has 3 rings (SSSR count). The highest BCUT2D eigenvalue weighted by Gasteiger charge is 2.52. The molecule has 0 radical (unpaired) electrons. The van der Waals surface area contributed by atoms with E-state index in [1.807, 2.05) is 39.8 Å². The number of hydrogen-bond donors (Lipinski definition) is 0. The first-order valence-corrected chi connectivity index (χ1v) is 7.44. The minimum absolute atomic E-state index is 0.363. The molecule has 2 aliphatic heterocycles. The summed E-state index contributed by atoms with van der Waals surface area (Å²) in [7, 11) is -0.460. The fraction of sp³-hybridized carbons (Fsp3) is 0.643. The van der Waals surface area contributed by atoms with Crippen molar-refractivity contribution in [2.45, 2.75) is 45.3 Å². The van der Waals surface area contributed by atoms with Gasteiger partial charge in [0.2, 0.25) is 0 Å². The van der Waals surface area contributed by atoms with Crippen molar-refractivity contribution in [1.29, 1.82) is 0 Å². The zero-order chi connectivity index (χ0) is 14.5. The number of halogens is 1. The van der Waals surface area contributed by atoms with Crippen molar-refractivity contribution in [2.24, 2.45) is 0 Å². The Labute approximate surface area is 125 Å². The Kier molecular flexibility index (Phi) is 3.27. The van der Waals surface area contributed by atoms with Crippen molar-refractivity contribution in [1.82, 2.24) is 4.98 Å². The summed E-state index contributed by atoms with van der Waals surface area (Å²) < 4.78 is 12.1. The largest absolute Gasteiger partial charge is 0.514 e. The van der Waals surface area contributed by atoms with E-state index in [2.05, 4.69) is 9.88 Å². The number of rotatable bonds is 2. The molecule has 0 N–H and O–H groups in total. The lowest BCUT2D eigenvalue weighted by Gasteiger charge is -2.32. The van der Waals surface area contributed by atoms with Crippen LogP contribution in [-0.2, 0) is 9.31 Å². The maximum Gasteiger partial charge on any atom is 0.514 e.